The van der Waals surface area contributed by atoms with Crippen LogP contribution in [0.25, 0.3) is 0 Å². The largest absolute Gasteiger partial charge is 0.372 e. The van der Waals surface area contributed by atoms with Gasteiger partial charge in [-0.1, -0.05) is 19.1 Å². The topological polar surface area (TPSA) is 9.23 Å². The van der Waals surface area contributed by atoms with Crippen molar-refractivity contribution in [3.8, 4) is 0 Å². The molecule has 0 atom stereocenters. The second-order valence-electron chi connectivity index (χ2n) is 3.08. The van der Waals surface area contributed by atoms with Gasteiger partial charge in [-0.3, -0.25) is 0 Å². The maximum Gasteiger partial charge on any atom is 0.0655 e. The number of thiol groups is 1. The van der Waals surface area contributed by atoms with Gasteiger partial charge in [0.25, 0.3) is 0 Å². The Hall–Kier alpha value is 0.0500. The van der Waals surface area contributed by atoms with Gasteiger partial charge in [-0.15, -0.1) is 0 Å². The van der Waals surface area contributed by atoms with Crippen molar-refractivity contribution >= 4 is 12.6 Å². The zero-order valence-corrected chi connectivity index (χ0v) is 8.53. The van der Waals surface area contributed by atoms with Crippen molar-refractivity contribution in [1.29, 1.82) is 0 Å². The van der Waals surface area contributed by atoms with Gasteiger partial charge in [-0.2, -0.15) is 12.6 Å². The molecule has 0 unspecified atom stereocenters. The number of ether oxygens (including phenoxy) is 1. The van der Waals surface area contributed by atoms with Crippen molar-refractivity contribution in [2.45, 2.75) is 32.8 Å². The van der Waals surface area contributed by atoms with Crippen LogP contribution in [-0.4, -0.2) is 18.0 Å². The fourth-order valence-corrected chi connectivity index (χ4v) is 0.667. The molecule has 0 saturated carbocycles. The second kappa shape index (κ2) is 5.67. The van der Waals surface area contributed by atoms with Crippen molar-refractivity contribution in [2.75, 3.05) is 12.4 Å². The molecule has 0 saturated heterocycles. The molecule has 0 aromatic rings. The fraction of sp³-hybridized carbons (Fsp3) is 0.778. The van der Waals surface area contributed by atoms with Crippen LogP contribution >= 0.6 is 12.6 Å². The third kappa shape index (κ3) is 6.45. The van der Waals surface area contributed by atoms with Gasteiger partial charge in [0.05, 0.1) is 12.2 Å². The third-order valence-electron chi connectivity index (χ3n) is 1.69. The minimum atomic E-state index is 0.0148. The van der Waals surface area contributed by atoms with Crippen molar-refractivity contribution in [1.82, 2.24) is 0 Å². The van der Waals surface area contributed by atoms with Gasteiger partial charge in [0.15, 0.2) is 0 Å². The first-order chi connectivity index (χ1) is 5.12. The SMILES string of the molecule is CCC(C)(C)OCC=CCS. The molecule has 0 heterocycles. The molecule has 0 N–H and O–H groups in total. The van der Waals surface area contributed by atoms with E-state index < -0.39 is 0 Å². The summed E-state index contributed by atoms with van der Waals surface area (Å²) in [6.45, 7) is 7.02. The Labute approximate surface area is 75.2 Å². The van der Waals surface area contributed by atoms with E-state index in [9.17, 15) is 0 Å². The molecule has 0 aliphatic heterocycles. The number of hydrogen-bond acceptors (Lipinski definition) is 2. The third-order valence-corrected chi connectivity index (χ3v) is 1.90. The van der Waals surface area contributed by atoms with Gasteiger partial charge < -0.3 is 4.74 Å². The maximum absolute atomic E-state index is 5.56. The highest BCUT2D eigenvalue weighted by molar-refractivity contribution is 7.80. The number of hydrogen-bond donors (Lipinski definition) is 1. The standard InChI is InChI=1S/C9H18OS/c1-4-9(2,3)10-7-5-6-8-11/h5-6,11H,4,7-8H2,1-3H3. The van der Waals surface area contributed by atoms with E-state index in [0.29, 0.717) is 6.61 Å². The summed E-state index contributed by atoms with van der Waals surface area (Å²) in [7, 11) is 0. The monoisotopic (exact) mass is 174 g/mol. The van der Waals surface area contributed by atoms with Crippen LogP contribution in [0, 0.1) is 0 Å². The smallest absolute Gasteiger partial charge is 0.0655 e. The van der Waals surface area contributed by atoms with Gasteiger partial charge in [-0.05, 0) is 20.3 Å². The Kier molecular flexibility index (Phi) is 5.69. The molecule has 11 heavy (non-hydrogen) atoms. The lowest BCUT2D eigenvalue weighted by molar-refractivity contribution is -0.00349. The van der Waals surface area contributed by atoms with Gasteiger partial charge in [-0.25, -0.2) is 0 Å². The lowest BCUT2D eigenvalue weighted by Gasteiger charge is -2.22. The molecule has 0 rings (SSSR count). The highest BCUT2D eigenvalue weighted by Gasteiger charge is 2.13. The lowest BCUT2D eigenvalue weighted by atomic mass is 10.1. The van der Waals surface area contributed by atoms with E-state index in [1.54, 1.807) is 0 Å². The quantitative estimate of drug-likeness (QED) is 0.498. The Bertz CT molecular complexity index is 119. The van der Waals surface area contributed by atoms with Crippen LogP contribution in [-0.2, 0) is 4.74 Å². The summed E-state index contributed by atoms with van der Waals surface area (Å²) >= 11 is 4.05. The van der Waals surface area contributed by atoms with E-state index in [0.717, 1.165) is 12.2 Å². The van der Waals surface area contributed by atoms with E-state index >= 15 is 0 Å². The first-order valence-electron chi connectivity index (χ1n) is 4.02. The fourth-order valence-electron chi connectivity index (χ4n) is 0.518. The summed E-state index contributed by atoms with van der Waals surface area (Å²) in [5.41, 5.74) is 0.0148. The van der Waals surface area contributed by atoms with Crippen LogP contribution in [0.3, 0.4) is 0 Å². The Morgan fingerprint density at radius 1 is 1.36 bits per heavy atom. The van der Waals surface area contributed by atoms with Gasteiger partial charge in [0.2, 0.25) is 0 Å². The number of rotatable bonds is 5. The Morgan fingerprint density at radius 2 is 2.00 bits per heavy atom. The maximum atomic E-state index is 5.56. The zero-order chi connectivity index (χ0) is 8.74. The highest BCUT2D eigenvalue weighted by atomic mass is 32.1. The van der Waals surface area contributed by atoms with E-state index in [-0.39, 0.29) is 5.60 Å². The second-order valence-corrected chi connectivity index (χ2v) is 3.44. The van der Waals surface area contributed by atoms with Gasteiger partial charge in [0.1, 0.15) is 0 Å². The summed E-state index contributed by atoms with van der Waals surface area (Å²) < 4.78 is 5.56. The summed E-state index contributed by atoms with van der Waals surface area (Å²) in [5.74, 6) is 0.788. The average Bonchev–Trinajstić information content (AvgIpc) is 1.99. The zero-order valence-electron chi connectivity index (χ0n) is 7.63. The molecule has 1 nitrogen and oxygen atoms in total. The Balaban J connectivity index is 3.45. The van der Waals surface area contributed by atoms with E-state index in [4.69, 9.17) is 4.74 Å². The van der Waals surface area contributed by atoms with Crippen LogP contribution in [0.15, 0.2) is 12.2 Å². The molecule has 0 aromatic carbocycles. The normalized spacial score (nSPS) is 12.7. The van der Waals surface area contributed by atoms with E-state index in [2.05, 4.69) is 33.4 Å². The summed E-state index contributed by atoms with van der Waals surface area (Å²) in [5, 5.41) is 0. The minimum Gasteiger partial charge on any atom is -0.372 e. The van der Waals surface area contributed by atoms with E-state index in [1.807, 2.05) is 12.2 Å². The Morgan fingerprint density at radius 3 is 2.45 bits per heavy atom. The molecule has 0 radical (unpaired) electrons. The van der Waals surface area contributed by atoms with Crippen molar-refractivity contribution < 1.29 is 4.74 Å². The molecule has 0 aliphatic carbocycles. The molecule has 0 fully saturated rings. The molecule has 0 aliphatic rings. The molecule has 0 aromatic heterocycles. The summed E-state index contributed by atoms with van der Waals surface area (Å²) in [4.78, 5) is 0. The van der Waals surface area contributed by atoms with Crippen LogP contribution < -0.4 is 0 Å². The molecule has 66 valence electrons. The molecular weight excluding hydrogens is 156 g/mol. The summed E-state index contributed by atoms with van der Waals surface area (Å²) in [6.07, 6.45) is 5.04. The minimum absolute atomic E-state index is 0.0148. The molecule has 2 heteroatoms. The molecule has 0 bridgehead atoms. The first-order valence-corrected chi connectivity index (χ1v) is 4.65. The molecular formula is C9H18OS. The van der Waals surface area contributed by atoms with Crippen molar-refractivity contribution in [3.63, 3.8) is 0 Å². The van der Waals surface area contributed by atoms with Crippen LogP contribution in [0.4, 0.5) is 0 Å². The highest BCUT2D eigenvalue weighted by Crippen LogP contribution is 2.12. The van der Waals surface area contributed by atoms with Gasteiger partial charge >= 0.3 is 0 Å². The van der Waals surface area contributed by atoms with Crippen molar-refractivity contribution in [3.05, 3.63) is 12.2 Å². The van der Waals surface area contributed by atoms with E-state index in [1.165, 1.54) is 0 Å². The average molecular weight is 174 g/mol. The summed E-state index contributed by atoms with van der Waals surface area (Å²) in [6, 6.07) is 0. The first kappa shape index (κ1) is 11.1. The molecule has 0 amide bonds. The van der Waals surface area contributed by atoms with Crippen LogP contribution in [0.2, 0.25) is 0 Å². The van der Waals surface area contributed by atoms with Crippen LogP contribution in [0.5, 0.6) is 0 Å². The molecule has 0 spiro atoms. The predicted molar refractivity (Wildman–Crippen MR) is 53.3 cm³/mol. The predicted octanol–water partition coefficient (Wildman–Crippen LogP) is 2.68. The lowest BCUT2D eigenvalue weighted by Crippen LogP contribution is -2.22. The van der Waals surface area contributed by atoms with Crippen molar-refractivity contribution in [2.24, 2.45) is 0 Å². The van der Waals surface area contributed by atoms with Gasteiger partial charge in [0, 0.05) is 5.75 Å². The van der Waals surface area contributed by atoms with Crippen LogP contribution in [0.1, 0.15) is 27.2 Å².